The van der Waals surface area contributed by atoms with Crippen molar-refractivity contribution in [1.82, 2.24) is 0 Å². The SMILES string of the molecule is CC(Cl)C1Cc2ccccc2C1C. The lowest BCUT2D eigenvalue weighted by molar-refractivity contribution is 0.474. The van der Waals surface area contributed by atoms with Crippen LogP contribution in [0.15, 0.2) is 24.3 Å². The van der Waals surface area contributed by atoms with Crippen molar-refractivity contribution < 1.29 is 0 Å². The average Bonchev–Trinajstić information content (AvgIpc) is 2.45. The van der Waals surface area contributed by atoms with E-state index in [1.165, 1.54) is 11.1 Å². The van der Waals surface area contributed by atoms with Gasteiger partial charge in [0.2, 0.25) is 0 Å². The molecule has 0 radical (unpaired) electrons. The summed E-state index contributed by atoms with van der Waals surface area (Å²) < 4.78 is 0. The number of halogens is 1. The minimum Gasteiger partial charge on any atom is -0.123 e. The molecular formula is C12H15Cl. The molecule has 0 heterocycles. The Hall–Kier alpha value is -0.490. The fourth-order valence-electron chi connectivity index (χ4n) is 2.39. The Kier molecular flexibility index (Phi) is 2.33. The fraction of sp³-hybridized carbons (Fsp3) is 0.500. The topological polar surface area (TPSA) is 0 Å². The molecule has 0 aromatic heterocycles. The van der Waals surface area contributed by atoms with Gasteiger partial charge < -0.3 is 0 Å². The second kappa shape index (κ2) is 3.34. The van der Waals surface area contributed by atoms with Crippen molar-refractivity contribution in [3.8, 4) is 0 Å². The smallest absolute Gasteiger partial charge is 0.0344 e. The molecule has 0 spiro atoms. The van der Waals surface area contributed by atoms with Crippen LogP contribution in [0.1, 0.15) is 30.9 Å². The lowest BCUT2D eigenvalue weighted by atomic mass is 9.92. The third-order valence-electron chi connectivity index (χ3n) is 3.23. The highest BCUT2D eigenvalue weighted by Gasteiger charge is 2.31. The molecule has 13 heavy (non-hydrogen) atoms. The van der Waals surface area contributed by atoms with Crippen LogP contribution in [0.2, 0.25) is 0 Å². The van der Waals surface area contributed by atoms with Crippen molar-refractivity contribution in [2.45, 2.75) is 31.6 Å². The van der Waals surface area contributed by atoms with Crippen molar-refractivity contribution in [1.29, 1.82) is 0 Å². The third kappa shape index (κ3) is 1.48. The van der Waals surface area contributed by atoms with E-state index in [0.717, 1.165) is 6.42 Å². The van der Waals surface area contributed by atoms with Gasteiger partial charge in [-0.1, -0.05) is 31.2 Å². The molecule has 0 saturated heterocycles. The minimum absolute atomic E-state index is 0.280. The number of benzene rings is 1. The first-order valence-electron chi connectivity index (χ1n) is 4.92. The monoisotopic (exact) mass is 194 g/mol. The van der Waals surface area contributed by atoms with E-state index in [9.17, 15) is 0 Å². The standard InChI is InChI=1S/C12H15Cl/c1-8-11-6-4-3-5-10(11)7-12(8)9(2)13/h3-6,8-9,12H,7H2,1-2H3. The van der Waals surface area contributed by atoms with Gasteiger partial charge >= 0.3 is 0 Å². The Labute approximate surface area is 84.9 Å². The fourth-order valence-corrected chi connectivity index (χ4v) is 2.69. The van der Waals surface area contributed by atoms with Crippen LogP contribution in [0.4, 0.5) is 0 Å². The Morgan fingerprint density at radius 1 is 1.38 bits per heavy atom. The highest BCUT2D eigenvalue weighted by Crippen LogP contribution is 2.40. The van der Waals surface area contributed by atoms with Crippen LogP contribution in [0, 0.1) is 5.92 Å². The molecule has 3 unspecified atom stereocenters. The van der Waals surface area contributed by atoms with E-state index in [4.69, 9.17) is 11.6 Å². The Morgan fingerprint density at radius 3 is 2.69 bits per heavy atom. The van der Waals surface area contributed by atoms with E-state index in [0.29, 0.717) is 11.8 Å². The lowest BCUT2D eigenvalue weighted by Gasteiger charge is -2.17. The molecule has 2 rings (SSSR count). The van der Waals surface area contributed by atoms with E-state index in [-0.39, 0.29) is 5.38 Å². The molecule has 0 saturated carbocycles. The normalized spacial score (nSPS) is 28.5. The van der Waals surface area contributed by atoms with E-state index < -0.39 is 0 Å². The van der Waals surface area contributed by atoms with E-state index in [1.807, 2.05) is 0 Å². The summed E-state index contributed by atoms with van der Waals surface area (Å²) >= 11 is 6.17. The molecule has 0 N–H and O–H groups in total. The Balaban J connectivity index is 2.32. The highest BCUT2D eigenvalue weighted by atomic mass is 35.5. The molecule has 1 aromatic rings. The quantitative estimate of drug-likeness (QED) is 0.600. The van der Waals surface area contributed by atoms with Crippen molar-refractivity contribution in [3.63, 3.8) is 0 Å². The van der Waals surface area contributed by atoms with Gasteiger partial charge in [0.05, 0.1) is 0 Å². The molecule has 3 atom stereocenters. The number of rotatable bonds is 1. The van der Waals surface area contributed by atoms with Crippen LogP contribution in [-0.2, 0) is 6.42 Å². The first-order valence-corrected chi connectivity index (χ1v) is 5.35. The van der Waals surface area contributed by atoms with Crippen LogP contribution < -0.4 is 0 Å². The van der Waals surface area contributed by atoms with Crippen LogP contribution in [-0.4, -0.2) is 5.38 Å². The summed E-state index contributed by atoms with van der Waals surface area (Å²) in [6, 6.07) is 8.70. The zero-order valence-electron chi connectivity index (χ0n) is 8.13. The van der Waals surface area contributed by atoms with Crippen molar-refractivity contribution >= 4 is 11.6 Å². The summed E-state index contributed by atoms with van der Waals surface area (Å²) in [4.78, 5) is 0. The zero-order valence-corrected chi connectivity index (χ0v) is 8.88. The maximum absolute atomic E-state index is 6.17. The predicted molar refractivity (Wildman–Crippen MR) is 57.4 cm³/mol. The van der Waals surface area contributed by atoms with Gasteiger partial charge in [0, 0.05) is 5.38 Å². The first kappa shape index (κ1) is 9.08. The summed E-state index contributed by atoms with van der Waals surface area (Å²) in [5.41, 5.74) is 2.99. The Bertz CT molecular complexity index is 304. The highest BCUT2D eigenvalue weighted by molar-refractivity contribution is 6.20. The third-order valence-corrected chi connectivity index (χ3v) is 3.56. The number of fused-ring (bicyclic) bond motifs is 1. The molecule has 0 amide bonds. The van der Waals surface area contributed by atoms with Crippen molar-refractivity contribution in [3.05, 3.63) is 35.4 Å². The van der Waals surface area contributed by atoms with Gasteiger partial charge in [-0.15, -0.1) is 11.6 Å². The largest absolute Gasteiger partial charge is 0.123 e. The lowest BCUT2D eigenvalue weighted by Crippen LogP contribution is -2.14. The van der Waals surface area contributed by atoms with Crippen molar-refractivity contribution in [2.24, 2.45) is 5.92 Å². The maximum Gasteiger partial charge on any atom is 0.0344 e. The molecule has 1 aromatic carbocycles. The predicted octanol–water partition coefficient (Wildman–Crippen LogP) is 3.59. The molecule has 0 bridgehead atoms. The molecule has 70 valence electrons. The molecular weight excluding hydrogens is 180 g/mol. The Morgan fingerprint density at radius 2 is 2.08 bits per heavy atom. The van der Waals surface area contributed by atoms with E-state index in [2.05, 4.69) is 38.1 Å². The maximum atomic E-state index is 6.17. The molecule has 0 aliphatic heterocycles. The number of hydrogen-bond acceptors (Lipinski definition) is 0. The van der Waals surface area contributed by atoms with E-state index in [1.54, 1.807) is 0 Å². The summed E-state index contributed by atoms with van der Waals surface area (Å²) in [6.07, 6.45) is 1.15. The second-order valence-corrected chi connectivity index (χ2v) is 4.72. The van der Waals surface area contributed by atoms with Crippen LogP contribution >= 0.6 is 11.6 Å². The number of hydrogen-bond donors (Lipinski definition) is 0. The van der Waals surface area contributed by atoms with Gasteiger partial charge in [-0.3, -0.25) is 0 Å². The van der Waals surface area contributed by atoms with Crippen molar-refractivity contribution in [2.75, 3.05) is 0 Å². The molecule has 0 nitrogen and oxygen atoms in total. The molecule has 0 fully saturated rings. The molecule has 1 aliphatic rings. The number of alkyl halides is 1. The van der Waals surface area contributed by atoms with Crippen LogP contribution in [0.5, 0.6) is 0 Å². The van der Waals surface area contributed by atoms with Gasteiger partial charge in [-0.25, -0.2) is 0 Å². The molecule has 1 heteroatoms. The molecule has 1 aliphatic carbocycles. The summed E-state index contributed by atoms with van der Waals surface area (Å²) in [7, 11) is 0. The minimum atomic E-state index is 0.280. The summed E-state index contributed by atoms with van der Waals surface area (Å²) in [6.45, 7) is 4.39. The first-order chi connectivity index (χ1) is 6.20. The zero-order chi connectivity index (χ0) is 9.42. The van der Waals surface area contributed by atoms with Gasteiger partial charge in [-0.2, -0.15) is 0 Å². The van der Waals surface area contributed by atoms with Gasteiger partial charge in [0.1, 0.15) is 0 Å². The summed E-state index contributed by atoms with van der Waals surface area (Å²) in [5.74, 6) is 1.25. The van der Waals surface area contributed by atoms with Gasteiger partial charge in [0.25, 0.3) is 0 Å². The van der Waals surface area contributed by atoms with Gasteiger partial charge in [0.15, 0.2) is 0 Å². The van der Waals surface area contributed by atoms with Crippen LogP contribution in [0.25, 0.3) is 0 Å². The summed E-state index contributed by atoms with van der Waals surface area (Å²) in [5, 5.41) is 0.280. The second-order valence-electron chi connectivity index (χ2n) is 4.03. The average molecular weight is 195 g/mol. The van der Waals surface area contributed by atoms with Crippen LogP contribution in [0.3, 0.4) is 0 Å². The van der Waals surface area contributed by atoms with E-state index >= 15 is 0 Å². The van der Waals surface area contributed by atoms with Gasteiger partial charge in [-0.05, 0) is 36.3 Å².